The minimum atomic E-state index is -0.785. The van der Waals surface area contributed by atoms with Crippen LogP contribution in [0.5, 0.6) is 5.75 Å². The Morgan fingerprint density at radius 3 is 2.80 bits per heavy atom. The van der Waals surface area contributed by atoms with Crippen molar-refractivity contribution in [3.8, 4) is 5.75 Å². The molecule has 0 aliphatic heterocycles. The fourth-order valence-electron chi connectivity index (χ4n) is 1.00. The van der Waals surface area contributed by atoms with Gasteiger partial charge in [-0.15, -0.1) is 0 Å². The highest BCUT2D eigenvalue weighted by Crippen LogP contribution is 2.19. The summed E-state index contributed by atoms with van der Waals surface area (Å²) in [5.41, 5.74) is -0.393. The van der Waals surface area contributed by atoms with E-state index < -0.39 is 23.0 Å². The molecule has 0 unspecified atom stereocenters. The Kier molecular flexibility index (Phi) is 3.68. The van der Waals surface area contributed by atoms with Crippen LogP contribution in [0.1, 0.15) is 10.4 Å². The van der Waals surface area contributed by atoms with Crippen molar-refractivity contribution in [2.24, 2.45) is 0 Å². The van der Waals surface area contributed by atoms with E-state index in [9.17, 15) is 14.3 Å². The molecule has 1 amide bonds. The maximum absolute atomic E-state index is 13.1. The van der Waals surface area contributed by atoms with Gasteiger partial charge in [-0.05, 0) is 12.1 Å². The van der Waals surface area contributed by atoms with E-state index in [1.165, 1.54) is 12.1 Å². The minimum Gasteiger partial charge on any atom is -0.507 e. The molecule has 0 spiro atoms. The Bertz CT molecular complexity index is 386. The second kappa shape index (κ2) is 4.79. The summed E-state index contributed by atoms with van der Waals surface area (Å²) in [6.45, 7) is 3.38. The van der Waals surface area contributed by atoms with Crippen LogP contribution in [0.25, 0.3) is 0 Å². The number of amides is 1. The van der Waals surface area contributed by atoms with Crippen molar-refractivity contribution in [2.75, 3.05) is 6.54 Å². The highest BCUT2D eigenvalue weighted by molar-refractivity contribution is 6.29. The van der Waals surface area contributed by atoms with Gasteiger partial charge in [0.05, 0.1) is 6.54 Å². The van der Waals surface area contributed by atoms with E-state index in [4.69, 9.17) is 11.6 Å². The molecule has 0 aromatic heterocycles. The number of phenolic OH excluding ortho intramolecular Hbond substituents is 1. The van der Waals surface area contributed by atoms with Crippen molar-refractivity contribution in [2.45, 2.75) is 0 Å². The van der Waals surface area contributed by atoms with Crippen molar-refractivity contribution >= 4 is 17.5 Å². The second-order valence-electron chi connectivity index (χ2n) is 2.83. The van der Waals surface area contributed by atoms with E-state index in [0.717, 1.165) is 6.07 Å². The number of aromatic hydroxyl groups is 1. The van der Waals surface area contributed by atoms with E-state index in [1.807, 2.05) is 0 Å². The quantitative estimate of drug-likeness (QED) is 0.833. The topological polar surface area (TPSA) is 49.3 Å². The lowest BCUT2D eigenvalue weighted by atomic mass is 10.1. The Labute approximate surface area is 91.2 Å². The first-order valence-corrected chi connectivity index (χ1v) is 4.49. The second-order valence-corrected chi connectivity index (χ2v) is 3.37. The number of halogens is 2. The number of benzene rings is 1. The monoisotopic (exact) mass is 229 g/mol. The maximum Gasteiger partial charge on any atom is 0.258 e. The summed E-state index contributed by atoms with van der Waals surface area (Å²) in [5.74, 6) is -1.92. The smallest absolute Gasteiger partial charge is 0.258 e. The number of nitrogens with one attached hydrogen (secondary N) is 1. The van der Waals surface area contributed by atoms with Crippen LogP contribution in [-0.4, -0.2) is 17.6 Å². The van der Waals surface area contributed by atoms with Gasteiger partial charge in [0.15, 0.2) is 0 Å². The van der Waals surface area contributed by atoms with Gasteiger partial charge in [0, 0.05) is 5.03 Å². The highest BCUT2D eigenvalue weighted by atomic mass is 35.5. The number of rotatable bonds is 3. The molecule has 1 rings (SSSR count). The molecule has 0 saturated heterocycles. The molecule has 0 aliphatic carbocycles. The predicted octanol–water partition coefficient (Wildman–Crippen LogP) is 2.01. The van der Waals surface area contributed by atoms with Gasteiger partial charge in [0.2, 0.25) is 0 Å². The third kappa shape index (κ3) is 2.95. The summed E-state index contributed by atoms with van der Waals surface area (Å²) < 4.78 is 13.1. The van der Waals surface area contributed by atoms with Gasteiger partial charge in [-0.25, -0.2) is 4.39 Å². The van der Waals surface area contributed by atoms with Crippen molar-refractivity contribution in [1.82, 2.24) is 5.32 Å². The largest absolute Gasteiger partial charge is 0.507 e. The summed E-state index contributed by atoms with van der Waals surface area (Å²) >= 11 is 5.42. The number of carbonyl (C=O) groups is 1. The van der Waals surface area contributed by atoms with Crippen LogP contribution in [-0.2, 0) is 0 Å². The molecular formula is C10H9ClFNO2. The fourth-order valence-corrected chi connectivity index (χ4v) is 1.07. The first-order chi connectivity index (χ1) is 7.02. The molecule has 2 N–H and O–H groups in total. The molecule has 1 aromatic rings. The predicted molar refractivity (Wildman–Crippen MR) is 55.4 cm³/mol. The van der Waals surface area contributed by atoms with Crippen LogP contribution >= 0.6 is 11.6 Å². The first-order valence-electron chi connectivity index (χ1n) is 4.11. The molecule has 80 valence electrons. The molecule has 0 atom stereocenters. The summed E-state index contributed by atoms with van der Waals surface area (Å²) in [4.78, 5) is 11.4. The Morgan fingerprint density at radius 2 is 2.27 bits per heavy atom. The standard InChI is InChI=1S/C10H9ClFNO2/c1-6(11)5-13-10(15)9-7(12)3-2-4-8(9)14/h2-4,14H,1,5H2,(H,13,15). The highest BCUT2D eigenvalue weighted by Gasteiger charge is 2.15. The summed E-state index contributed by atoms with van der Waals surface area (Å²) in [7, 11) is 0. The van der Waals surface area contributed by atoms with Crippen molar-refractivity contribution < 1.29 is 14.3 Å². The lowest BCUT2D eigenvalue weighted by Crippen LogP contribution is -2.25. The number of hydrogen-bond donors (Lipinski definition) is 2. The zero-order valence-corrected chi connectivity index (χ0v) is 8.51. The third-order valence-corrected chi connectivity index (χ3v) is 1.79. The van der Waals surface area contributed by atoms with Crippen LogP contribution in [0, 0.1) is 5.82 Å². The molecule has 0 saturated carbocycles. The van der Waals surface area contributed by atoms with Crippen molar-refractivity contribution in [3.63, 3.8) is 0 Å². The van der Waals surface area contributed by atoms with E-state index in [2.05, 4.69) is 11.9 Å². The Hall–Kier alpha value is -1.55. The van der Waals surface area contributed by atoms with E-state index in [-0.39, 0.29) is 11.6 Å². The lowest BCUT2D eigenvalue weighted by Gasteiger charge is -2.06. The third-order valence-electron chi connectivity index (χ3n) is 1.66. The molecule has 15 heavy (non-hydrogen) atoms. The lowest BCUT2D eigenvalue weighted by molar-refractivity contribution is 0.0950. The molecule has 0 aliphatic rings. The molecule has 0 bridgehead atoms. The Morgan fingerprint density at radius 1 is 1.60 bits per heavy atom. The van der Waals surface area contributed by atoms with Gasteiger partial charge in [-0.2, -0.15) is 0 Å². The first kappa shape index (κ1) is 11.5. The average molecular weight is 230 g/mol. The fraction of sp³-hybridized carbons (Fsp3) is 0.100. The van der Waals surface area contributed by atoms with Gasteiger partial charge >= 0.3 is 0 Å². The average Bonchev–Trinajstić information content (AvgIpc) is 2.14. The van der Waals surface area contributed by atoms with Gasteiger partial charge in [0.1, 0.15) is 17.1 Å². The van der Waals surface area contributed by atoms with Crippen molar-refractivity contribution in [3.05, 3.63) is 41.2 Å². The maximum atomic E-state index is 13.1. The van der Waals surface area contributed by atoms with Crippen LogP contribution in [0.15, 0.2) is 29.8 Å². The molecule has 1 aromatic carbocycles. The summed E-state index contributed by atoms with van der Waals surface area (Å²) in [5, 5.41) is 11.8. The summed E-state index contributed by atoms with van der Waals surface area (Å²) in [6, 6.07) is 3.62. The zero-order chi connectivity index (χ0) is 11.4. The van der Waals surface area contributed by atoms with Gasteiger partial charge in [-0.1, -0.05) is 24.2 Å². The van der Waals surface area contributed by atoms with E-state index in [1.54, 1.807) is 0 Å². The van der Waals surface area contributed by atoms with Crippen LogP contribution in [0.3, 0.4) is 0 Å². The van der Waals surface area contributed by atoms with Gasteiger partial charge in [0.25, 0.3) is 5.91 Å². The van der Waals surface area contributed by atoms with Crippen LogP contribution in [0.2, 0.25) is 0 Å². The molecule has 0 heterocycles. The minimum absolute atomic E-state index is 0.0220. The van der Waals surface area contributed by atoms with Crippen LogP contribution in [0.4, 0.5) is 4.39 Å². The van der Waals surface area contributed by atoms with Gasteiger partial charge in [-0.3, -0.25) is 4.79 Å². The molecule has 5 heteroatoms. The summed E-state index contributed by atoms with van der Waals surface area (Å²) in [6.07, 6.45) is 0. The number of phenols is 1. The molecule has 0 radical (unpaired) electrons. The van der Waals surface area contributed by atoms with Gasteiger partial charge < -0.3 is 10.4 Å². The van der Waals surface area contributed by atoms with Crippen molar-refractivity contribution in [1.29, 1.82) is 0 Å². The number of hydrogen-bond acceptors (Lipinski definition) is 2. The zero-order valence-electron chi connectivity index (χ0n) is 7.76. The Balaban J connectivity index is 2.86. The molecular weight excluding hydrogens is 221 g/mol. The number of carbonyl (C=O) groups excluding carboxylic acids is 1. The SMILES string of the molecule is C=C(Cl)CNC(=O)c1c(O)cccc1F. The molecule has 3 nitrogen and oxygen atoms in total. The molecule has 0 fully saturated rings. The van der Waals surface area contributed by atoms with Crippen LogP contribution < -0.4 is 5.32 Å². The van der Waals surface area contributed by atoms with E-state index in [0.29, 0.717) is 0 Å². The van der Waals surface area contributed by atoms with E-state index >= 15 is 0 Å². The normalized spacial score (nSPS) is 9.73.